The molecule has 1 N–H and O–H groups in total. The van der Waals surface area contributed by atoms with E-state index in [1.54, 1.807) is 17.9 Å². The van der Waals surface area contributed by atoms with Gasteiger partial charge in [-0.15, -0.1) is 0 Å². The number of aryl methyl sites for hydroxylation is 1. The Morgan fingerprint density at radius 2 is 1.64 bits per heavy atom. The topological polar surface area (TPSA) is 56.4 Å². The molecule has 1 aliphatic rings. The molecule has 2 heterocycles. The highest BCUT2D eigenvalue weighted by Gasteiger charge is 2.33. The number of carbonyl (C=O) groups excluding carboxylic acids is 2. The van der Waals surface area contributed by atoms with Crippen LogP contribution in [0.1, 0.15) is 21.6 Å². The van der Waals surface area contributed by atoms with Crippen LogP contribution in [-0.2, 0) is 11.0 Å². The van der Waals surface area contributed by atoms with Gasteiger partial charge in [0.05, 0.1) is 21.3 Å². The number of amides is 1. The summed E-state index contributed by atoms with van der Waals surface area (Å²) in [5.41, 5.74) is 2.21. The third-order valence-corrected chi connectivity index (χ3v) is 6.51. The van der Waals surface area contributed by atoms with Crippen LogP contribution in [0.3, 0.4) is 0 Å². The minimum absolute atomic E-state index is 0.244. The van der Waals surface area contributed by atoms with Crippen LogP contribution in [0.5, 0.6) is 0 Å². The number of hydrogen-bond donors (Lipinski definition) is 1. The summed E-state index contributed by atoms with van der Waals surface area (Å²) in [6.45, 7) is 2.90. The molecule has 1 aliphatic heterocycles. The number of carbonyl (C=O) groups is 2. The molecule has 0 aliphatic carbocycles. The van der Waals surface area contributed by atoms with Crippen LogP contribution >= 0.6 is 15.9 Å². The number of Topliss-reactive ketones (excluding diaryl/α,β-unsaturated/α-hetero) is 1. The molecule has 0 spiro atoms. The number of rotatable bonds is 4. The zero-order chi connectivity index (χ0) is 23.8. The average molecular weight is 520 g/mol. The van der Waals surface area contributed by atoms with E-state index < -0.39 is 23.4 Å². The maximum absolute atomic E-state index is 13.1. The Hall–Kier alpha value is -3.07. The SMILES string of the molecule is Cc1[nH]c(-c2ccccc2)c(Br)c1C(=O)C(=O)N1CCN(c2cccc(C(F)(F)F)c2)CC1. The van der Waals surface area contributed by atoms with Gasteiger partial charge in [0.1, 0.15) is 0 Å². The molecule has 2 aromatic carbocycles. The molecule has 172 valence electrons. The van der Waals surface area contributed by atoms with Crippen molar-refractivity contribution in [1.82, 2.24) is 9.88 Å². The van der Waals surface area contributed by atoms with Crippen LogP contribution in [0.4, 0.5) is 18.9 Å². The van der Waals surface area contributed by atoms with E-state index in [2.05, 4.69) is 20.9 Å². The summed E-state index contributed by atoms with van der Waals surface area (Å²) in [5, 5.41) is 0. The molecule has 0 radical (unpaired) electrons. The van der Waals surface area contributed by atoms with E-state index in [4.69, 9.17) is 0 Å². The molecule has 4 rings (SSSR count). The Labute approximate surface area is 197 Å². The van der Waals surface area contributed by atoms with Crippen molar-refractivity contribution < 1.29 is 22.8 Å². The van der Waals surface area contributed by atoms with Gasteiger partial charge in [-0.05, 0) is 46.6 Å². The smallest absolute Gasteiger partial charge is 0.368 e. The lowest BCUT2D eigenvalue weighted by Crippen LogP contribution is -2.50. The van der Waals surface area contributed by atoms with Crippen LogP contribution in [0.2, 0.25) is 0 Å². The number of benzene rings is 2. The van der Waals surface area contributed by atoms with Crippen LogP contribution in [0.15, 0.2) is 59.1 Å². The van der Waals surface area contributed by atoms with Gasteiger partial charge in [-0.3, -0.25) is 9.59 Å². The quantitative estimate of drug-likeness (QED) is 0.375. The molecule has 5 nitrogen and oxygen atoms in total. The summed E-state index contributed by atoms with van der Waals surface area (Å²) in [5.74, 6) is -1.24. The van der Waals surface area contributed by atoms with Crippen molar-refractivity contribution in [3.05, 3.63) is 75.9 Å². The number of anilines is 1. The zero-order valence-corrected chi connectivity index (χ0v) is 19.3. The van der Waals surface area contributed by atoms with Gasteiger partial charge in [0.2, 0.25) is 0 Å². The molecule has 1 aromatic heterocycles. The Bertz CT molecular complexity index is 1180. The monoisotopic (exact) mass is 519 g/mol. The molecular formula is C24H21BrF3N3O2. The minimum Gasteiger partial charge on any atom is -0.368 e. The molecule has 0 atom stereocenters. The Kier molecular flexibility index (Phi) is 6.34. The summed E-state index contributed by atoms with van der Waals surface area (Å²) in [4.78, 5) is 32.4. The summed E-state index contributed by atoms with van der Waals surface area (Å²) in [6, 6.07) is 14.6. The Morgan fingerprint density at radius 3 is 2.27 bits per heavy atom. The lowest BCUT2D eigenvalue weighted by Gasteiger charge is -2.36. The number of H-pyrrole nitrogens is 1. The number of halogens is 4. The minimum atomic E-state index is -4.42. The van der Waals surface area contributed by atoms with Crippen LogP contribution in [-0.4, -0.2) is 47.8 Å². The maximum Gasteiger partial charge on any atom is 0.416 e. The van der Waals surface area contributed by atoms with E-state index in [0.717, 1.165) is 23.4 Å². The first-order valence-electron chi connectivity index (χ1n) is 10.4. The highest BCUT2D eigenvalue weighted by atomic mass is 79.9. The first-order valence-corrected chi connectivity index (χ1v) is 11.2. The molecular weight excluding hydrogens is 499 g/mol. The number of nitrogens with one attached hydrogen (secondary N) is 1. The van der Waals surface area contributed by atoms with Gasteiger partial charge in [-0.1, -0.05) is 36.4 Å². The second-order valence-electron chi connectivity index (χ2n) is 7.84. The van der Waals surface area contributed by atoms with Crippen molar-refractivity contribution in [3.8, 4) is 11.3 Å². The van der Waals surface area contributed by atoms with Gasteiger partial charge in [0.25, 0.3) is 11.7 Å². The molecule has 1 fully saturated rings. The standard InChI is InChI=1S/C24H21BrF3N3O2/c1-15-19(20(25)21(29-15)16-6-3-2-4-7-16)22(32)23(33)31-12-10-30(11-13-31)18-9-5-8-17(14-18)24(26,27)28/h2-9,14,29H,10-13H2,1H3. The number of ketones is 1. The van der Waals surface area contributed by atoms with Crippen molar-refractivity contribution in [1.29, 1.82) is 0 Å². The first kappa shape index (κ1) is 23.1. The van der Waals surface area contributed by atoms with Gasteiger partial charge in [-0.2, -0.15) is 13.2 Å². The van der Waals surface area contributed by atoms with E-state index in [9.17, 15) is 22.8 Å². The van der Waals surface area contributed by atoms with Crippen molar-refractivity contribution >= 4 is 33.3 Å². The zero-order valence-electron chi connectivity index (χ0n) is 17.7. The average Bonchev–Trinajstić information content (AvgIpc) is 3.12. The van der Waals surface area contributed by atoms with E-state index in [0.29, 0.717) is 34.5 Å². The number of aromatic nitrogens is 1. The first-order chi connectivity index (χ1) is 15.7. The van der Waals surface area contributed by atoms with Gasteiger partial charge in [0, 0.05) is 37.6 Å². The third-order valence-electron chi connectivity index (χ3n) is 5.72. The molecule has 0 saturated carbocycles. The summed E-state index contributed by atoms with van der Waals surface area (Å²) in [6.07, 6.45) is -4.42. The fourth-order valence-electron chi connectivity index (χ4n) is 3.97. The number of aromatic amines is 1. The molecule has 0 unspecified atom stereocenters. The maximum atomic E-state index is 13.1. The number of piperazine rings is 1. The van der Waals surface area contributed by atoms with Crippen molar-refractivity contribution in [2.75, 3.05) is 31.1 Å². The largest absolute Gasteiger partial charge is 0.416 e. The van der Waals surface area contributed by atoms with Crippen molar-refractivity contribution in [3.63, 3.8) is 0 Å². The molecule has 9 heteroatoms. The second-order valence-corrected chi connectivity index (χ2v) is 8.63. The predicted molar refractivity (Wildman–Crippen MR) is 123 cm³/mol. The van der Waals surface area contributed by atoms with Gasteiger partial charge in [-0.25, -0.2) is 0 Å². The second kappa shape index (κ2) is 9.05. The lowest BCUT2D eigenvalue weighted by molar-refractivity contribution is -0.137. The molecule has 3 aromatic rings. The van der Waals surface area contributed by atoms with Gasteiger partial charge >= 0.3 is 6.18 Å². The van der Waals surface area contributed by atoms with Crippen LogP contribution in [0.25, 0.3) is 11.3 Å². The number of alkyl halides is 3. The summed E-state index contributed by atoms with van der Waals surface area (Å²) < 4.78 is 39.6. The highest BCUT2D eigenvalue weighted by molar-refractivity contribution is 9.10. The van der Waals surface area contributed by atoms with E-state index >= 15 is 0 Å². The van der Waals surface area contributed by atoms with Gasteiger partial charge < -0.3 is 14.8 Å². The van der Waals surface area contributed by atoms with Crippen molar-refractivity contribution in [2.24, 2.45) is 0 Å². The summed E-state index contributed by atoms with van der Waals surface area (Å²) >= 11 is 3.47. The Balaban J connectivity index is 1.47. The number of nitrogens with zero attached hydrogens (tertiary/aromatic N) is 2. The van der Waals surface area contributed by atoms with Crippen molar-refractivity contribution in [2.45, 2.75) is 13.1 Å². The van der Waals surface area contributed by atoms with E-state index in [-0.39, 0.29) is 13.1 Å². The molecule has 33 heavy (non-hydrogen) atoms. The number of hydrogen-bond acceptors (Lipinski definition) is 3. The normalized spacial score (nSPS) is 14.5. The highest BCUT2D eigenvalue weighted by Crippen LogP contribution is 2.34. The Morgan fingerprint density at radius 1 is 0.970 bits per heavy atom. The third kappa shape index (κ3) is 4.68. The predicted octanol–water partition coefficient (Wildman–Crippen LogP) is 5.30. The lowest BCUT2D eigenvalue weighted by atomic mass is 10.1. The van der Waals surface area contributed by atoms with Crippen LogP contribution < -0.4 is 4.90 Å². The fraction of sp³-hybridized carbons (Fsp3) is 0.250. The summed E-state index contributed by atoms with van der Waals surface area (Å²) in [7, 11) is 0. The molecule has 1 saturated heterocycles. The molecule has 1 amide bonds. The van der Waals surface area contributed by atoms with E-state index in [1.165, 1.54) is 11.0 Å². The molecule has 0 bridgehead atoms. The van der Waals surface area contributed by atoms with E-state index in [1.807, 2.05) is 30.3 Å². The van der Waals surface area contributed by atoms with Gasteiger partial charge in [0.15, 0.2) is 0 Å². The fourth-order valence-corrected chi connectivity index (χ4v) is 4.77. The van der Waals surface area contributed by atoms with Crippen LogP contribution in [0, 0.1) is 6.92 Å².